The topological polar surface area (TPSA) is 62.2 Å². The average molecular weight is 274 g/mol. The Hall–Kier alpha value is -2.14. The number of aliphatic imine (C=N–C) groups is 1. The maximum absolute atomic E-state index is 5.93. The Kier molecular flexibility index (Phi) is 3.29. The van der Waals surface area contributed by atoms with Gasteiger partial charge in [0.2, 0.25) is 0 Å². The van der Waals surface area contributed by atoms with Crippen LogP contribution >= 0.6 is 11.6 Å². The molecule has 1 aliphatic heterocycles. The molecule has 0 unspecified atom stereocenters. The quantitative estimate of drug-likeness (QED) is 0.902. The van der Waals surface area contributed by atoms with Crippen LogP contribution in [-0.4, -0.2) is 22.3 Å². The van der Waals surface area contributed by atoms with Gasteiger partial charge in [-0.2, -0.15) is 0 Å². The monoisotopic (exact) mass is 273 g/mol. The molecule has 2 N–H and O–H groups in total. The van der Waals surface area contributed by atoms with Crippen LogP contribution in [0.25, 0.3) is 0 Å². The van der Waals surface area contributed by atoms with Crippen molar-refractivity contribution in [3.05, 3.63) is 47.4 Å². The number of hydrogen-bond acceptors (Lipinski definition) is 5. The first-order chi connectivity index (χ1) is 9.31. The minimum absolute atomic E-state index is 0.558. The SMILES string of the molecule is Clc1cccc(NCC2=NCc3nccnc3N2)c1. The van der Waals surface area contributed by atoms with Crippen molar-refractivity contribution in [2.24, 2.45) is 4.99 Å². The van der Waals surface area contributed by atoms with E-state index in [1.807, 2.05) is 24.3 Å². The Bertz CT molecular complexity index is 626. The molecule has 2 heterocycles. The van der Waals surface area contributed by atoms with Crippen molar-refractivity contribution in [1.82, 2.24) is 9.97 Å². The summed E-state index contributed by atoms with van der Waals surface area (Å²) in [5.41, 5.74) is 1.83. The largest absolute Gasteiger partial charge is 0.378 e. The van der Waals surface area contributed by atoms with Gasteiger partial charge in [0.1, 0.15) is 11.5 Å². The fourth-order valence-corrected chi connectivity index (χ4v) is 2.01. The lowest BCUT2D eigenvalue weighted by atomic mass is 10.3. The summed E-state index contributed by atoms with van der Waals surface area (Å²) in [6.45, 7) is 1.15. The van der Waals surface area contributed by atoms with Gasteiger partial charge in [-0.15, -0.1) is 0 Å². The molecule has 0 amide bonds. The average Bonchev–Trinajstić information content (AvgIpc) is 2.45. The lowest BCUT2D eigenvalue weighted by Crippen LogP contribution is -2.26. The third-order valence-electron chi connectivity index (χ3n) is 2.74. The van der Waals surface area contributed by atoms with E-state index < -0.39 is 0 Å². The Balaban J connectivity index is 1.65. The van der Waals surface area contributed by atoms with Crippen LogP contribution in [0.5, 0.6) is 0 Å². The standard InChI is InChI=1S/C13H12ClN5/c14-9-2-1-3-10(6-9)17-8-12-18-7-11-13(19-12)16-5-4-15-11/h1-6,17H,7-8H2,(H,16,18,19). The van der Waals surface area contributed by atoms with E-state index in [9.17, 15) is 0 Å². The van der Waals surface area contributed by atoms with Gasteiger partial charge >= 0.3 is 0 Å². The highest BCUT2D eigenvalue weighted by Crippen LogP contribution is 2.16. The third kappa shape index (κ3) is 2.82. The minimum atomic E-state index is 0.558. The zero-order valence-corrected chi connectivity index (χ0v) is 10.9. The molecule has 2 aromatic rings. The number of benzene rings is 1. The van der Waals surface area contributed by atoms with Crippen molar-refractivity contribution in [2.45, 2.75) is 6.54 Å². The van der Waals surface area contributed by atoms with Gasteiger partial charge in [0.05, 0.1) is 13.1 Å². The van der Waals surface area contributed by atoms with Crippen molar-refractivity contribution < 1.29 is 0 Å². The van der Waals surface area contributed by atoms with Gasteiger partial charge in [-0.25, -0.2) is 4.98 Å². The van der Waals surface area contributed by atoms with Crippen LogP contribution in [0, 0.1) is 0 Å². The predicted octanol–water partition coefficient (Wildman–Crippen LogP) is 2.57. The molecule has 1 aliphatic rings. The molecule has 96 valence electrons. The van der Waals surface area contributed by atoms with Crippen molar-refractivity contribution in [3.63, 3.8) is 0 Å². The lowest BCUT2D eigenvalue weighted by molar-refractivity contribution is 0.943. The molecule has 5 nitrogen and oxygen atoms in total. The number of amidine groups is 1. The lowest BCUT2D eigenvalue weighted by Gasteiger charge is -2.17. The second-order valence-corrected chi connectivity index (χ2v) is 4.54. The van der Waals surface area contributed by atoms with Gasteiger partial charge in [-0.3, -0.25) is 9.98 Å². The summed E-state index contributed by atoms with van der Waals surface area (Å²) >= 11 is 5.93. The van der Waals surface area contributed by atoms with E-state index in [2.05, 4.69) is 25.6 Å². The van der Waals surface area contributed by atoms with Gasteiger partial charge in [-0.05, 0) is 18.2 Å². The Morgan fingerprint density at radius 1 is 1.26 bits per heavy atom. The van der Waals surface area contributed by atoms with E-state index in [4.69, 9.17) is 11.6 Å². The number of anilines is 2. The summed E-state index contributed by atoms with van der Waals surface area (Å²) in [6, 6.07) is 7.58. The molecular weight excluding hydrogens is 262 g/mol. The summed E-state index contributed by atoms with van der Waals surface area (Å²) in [6.07, 6.45) is 3.34. The number of rotatable bonds is 3. The fraction of sp³-hybridized carbons (Fsp3) is 0.154. The normalized spacial score (nSPS) is 13.2. The van der Waals surface area contributed by atoms with Crippen LogP contribution in [0.3, 0.4) is 0 Å². The van der Waals surface area contributed by atoms with Crippen molar-refractivity contribution in [3.8, 4) is 0 Å². The first-order valence-electron chi connectivity index (χ1n) is 5.91. The number of aromatic nitrogens is 2. The van der Waals surface area contributed by atoms with E-state index in [1.165, 1.54) is 0 Å². The van der Waals surface area contributed by atoms with Crippen LogP contribution in [0.1, 0.15) is 5.69 Å². The summed E-state index contributed by atoms with van der Waals surface area (Å²) in [4.78, 5) is 12.9. The van der Waals surface area contributed by atoms with Crippen LogP contribution in [-0.2, 0) is 6.54 Å². The summed E-state index contributed by atoms with van der Waals surface area (Å²) in [5.74, 6) is 1.62. The molecule has 6 heteroatoms. The number of halogens is 1. The van der Waals surface area contributed by atoms with Gasteiger partial charge in [0.25, 0.3) is 0 Å². The van der Waals surface area contributed by atoms with Crippen molar-refractivity contribution in [2.75, 3.05) is 17.2 Å². The third-order valence-corrected chi connectivity index (χ3v) is 2.98. The van der Waals surface area contributed by atoms with Crippen LogP contribution in [0.15, 0.2) is 41.7 Å². The summed E-state index contributed by atoms with van der Waals surface area (Å²) in [5, 5.41) is 7.13. The zero-order valence-electron chi connectivity index (χ0n) is 10.1. The highest BCUT2D eigenvalue weighted by atomic mass is 35.5. The Morgan fingerprint density at radius 3 is 3.05 bits per heavy atom. The van der Waals surface area contributed by atoms with Crippen LogP contribution in [0.2, 0.25) is 5.02 Å². The molecular formula is C13H12ClN5. The van der Waals surface area contributed by atoms with E-state index in [0.717, 1.165) is 23.0 Å². The van der Waals surface area contributed by atoms with Gasteiger partial charge in [0, 0.05) is 23.1 Å². The minimum Gasteiger partial charge on any atom is -0.378 e. The van der Waals surface area contributed by atoms with Crippen LogP contribution < -0.4 is 10.6 Å². The van der Waals surface area contributed by atoms with E-state index in [0.29, 0.717) is 18.1 Å². The second kappa shape index (κ2) is 5.24. The molecule has 0 saturated carbocycles. The number of nitrogens with one attached hydrogen (secondary N) is 2. The molecule has 0 fully saturated rings. The first kappa shape index (κ1) is 11.9. The Labute approximate surface area is 115 Å². The molecule has 0 spiro atoms. The van der Waals surface area contributed by atoms with Crippen molar-refractivity contribution >= 4 is 28.9 Å². The maximum Gasteiger partial charge on any atom is 0.155 e. The van der Waals surface area contributed by atoms with E-state index in [-0.39, 0.29) is 0 Å². The number of nitrogens with zero attached hydrogens (tertiary/aromatic N) is 3. The molecule has 0 aliphatic carbocycles. The van der Waals surface area contributed by atoms with Crippen molar-refractivity contribution in [1.29, 1.82) is 0 Å². The highest BCUT2D eigenvalue weighted by Gasteiger charge is 2.12. The maximum atomic E-state index is 5.93. The summed E-state index contributed by atoms with van der Waals surface area (Å²) < 4.78 is 0. The smallest absolute Gasteiger partial charge is 0.155 e. The highest BCUT2D eigenvalue weighted by molar-refractivity contribution is 6.30. The number of hydrogen-bond donors (Lipinski definition) is 2. The first-order valence-corrected chi connectivity index (χ1v) is 6.29. The number of fused-ring (bicyclic) bond motifs is 1. The molecule has 0 atom stereocenters. The molecule has 1 aromatic carbocycles. The van der Waals surface area contributed by atoms with Gasteiger partial charge in [-0.1, -0.05) is 17.7 Å². The molecule has 19 heavy (non-hydrogen) atoms. The van der Waals surface area contributed by atoms with Crippen LogP contribution in [0.4, 0.5) is 11.5 Å². The molecule has 0 radical (unpaired) electrons. The molecule has 1 aromatic heterocycles. The molecule has 0 saturated heterocycles. The summed E-state index contributed by atoms with van der Waals surface area (Å²) in [7, 11) is 0. The van der Waals surface area contributed by atoms with Gasteiger partial charge in [0.15, 0.2) is 5.82 Å². The fourth-order valence-electron chi connectivity index (χ4n) is 1.82. The predicted molar refractivity (Wildman–Crippen MR) is 76.7 cm³/mol. The Morgan fingerprint density at radius 2 is 2.16 bits per heavy atom. The second-order valence-electron chi connectivity index (χ2n) is 4.10. The van der Waals surface area contributed by atoms with Gasteiger partial charge < -0.3 is 10.6 Å². The molecule has 3 rings (SSSR count). The van der Waals surface area contributed by atoms with E-state index >= 15 is 0 Å². The molecule has 0 bridgehead atoms. The van der Waals surface area contributed by atoms with E-state index in [1.54, 1.807) is 12.4 Å². The zero-order chi connectivity index (χ0) is 13.1.